The largest absolute Gasteiger partial charge is 0.367 e. The highest BCUT2D eigenvalue weighted by Crippen LogP contribution is 2.41. The first kappa shape index (κ1) is 15.4. The molecule has 1 unspecified atom stereocenters. The molecular weight excluding hydrogens is 254 g/mol. The fourth-order valence-electron chi connectivity index (χ4n) is 2.73. The Balaban J connectivity index is 2.27. The lowest BCUT2D eigenvalue weighted by atomic mass is 9.79. The van der Waals surface area contributed by atoms with E-state index in [2.05, 4.69) is 17.1 Å². The van der Waals surface area contributed by atoms with Crippen LogP contribution >= 0.6 is 0 Å². The van der Waals surface area contributed by atoms with E-state index in [0.717, 1.165) is 38.0 Å². The number of nitrogens with two attached hydrogens (primary N) is 1. The lowest BCUT2D eigenvalue weighted by Crippen LogP contribution is -2.36. The van der Waals surface area contributed by atoms with Crippen LogP contribution in [0.3, 0.4) is 0 Å². The Morgan fingerprint density at radius 2 is 2.05 bits per heavy atom. The minimum Gasteiger partial charge on any atom is -0.367 e. The van der Waals surface area contributed by atoms with Gasteiger partial charge in [-0.15, -0.1) is 0 Å². The van der Waals surface area contributed by atoms with Gasteiger partial charge in [-0.2, -0.15) is 4.98 Å². The Morgan fingerprint density at radius 3 is 2.60 bits per heavy atom. The molecule has 2 rings (SSSR count). The quantitative estimate of drug-likeness (QED) is 0.897. The normalized spacial score (nSPS) is 30.1. The van der Waals surface area contributed by atoms with Crippen molar-refractivity contribution in [3.05, 3.63) is 11.7 Å². The molecule has 1 atom stereocenters. The van der Waals surface area contributed by atoms with E-state index in [4.69, 9.17) is 15.0 Å². The van der Waals surface area contributed by atoms with E-state index in [9.17, 15) is 0 Å². The highest BCUT2D eigenvalue weighted by atomic mass is 16.5. The van der Waals surface area contributed by atoms with Crippen molar-refractivity contribution in [2.45, 2.75) is 70.9 Å². The average Bonchev–Trinajstić information content (AvgIpc) is 2.93. The molecule has 1 aliphatic rings. The minimum absolute atomic E-state index is 0.382. The molecule has 5 heteroatoms. The molecule has 20 heavy (non-hydrogen) atoms. The van der Waals surface area contributed by atoms with Crippen LogP contribution in [0.5, 0.6) is 0 Å². The van der Waals surface area contributed by atoms with E-state index < -0.39 is 5.54 Å². The molecule has 1 aromatic rings. The SMILES string of the molecule is CCOC1(c2noc(C(C)(N)CC)n2)CCC(C)CC1. The van der Waals surface area contributed by atoms with Crippen molar-refractivity contribution in [3.8, 4) is 0 Å². The van der Waals surface area contributed by atoms with Crippen molar-refractivity contribution in [2.75, 3.05) is 6.61 Å². The van der Waals surface area contributed by atoms with E-state index in [1.54, 1.807) is 0 Å². The Labute approximate surface area is 121 Å². The number of rotatable bonds is 5. The first-order valence-electron chi connectivity index (χ1n) is 7.71. The third-order valence-corrected chi connectivity index (χ3v) is 4.56. The van der Waals surface area contributed by atoms with E-state index in [1.165, 1.54) is 0 Å². The molecule has 0 spiro atoms. The Morgan fingerprint density at radius 1 is 1.40 bits per heavy atom. The fourth-order valence-corrected chi connectivity index (χ4v) is 2.73. The molecule has 5 nitrogen and oxygen atoms in total. The van der Waals surface area contributed by atoms with Gasteiger partial charge < -0.3 is 15.0 Å². The number of nitrogens with zero attached hydrogens (tertiary/aromatic N) is 2. The monoisotopic (exact) mass is 281 g/mol. The van der Waals surface area contributed by atoms with Crippen molar-refractivity contribution < 1.29 is 9.26 Å². The molecule has 1 heterocycles. The third kappa shape index (κ3) is 2.88. The maximum Gasteiger partial charge on any atom is 0.246 e. The maximum atomic E-state index is 6.18. The number of hydrogen-bond donors (Lipinski definition) is 1. The molecule has 1 saturated carbocycles. The molecule has 2 N–H and O–H groups in total. The Hall–Kier alpha value is -0.940. The first-order valence-corrected chi connectivity index (χ1v) is 7.71. The molecule has 114 valence electrons. The molecule has 0 amide bonds. The molecule has 0 bridgehead atoms. The molecule has 0 saturated heterocycles. The molecule has 0 aliphatic heterocycles. The Kier molecular flexibility index (Phi) is 4.49. The van der Waals surface area contributed by atoms with Gasteiger partial charge in [0.2, 0.25) is 11.7 Å². The summed E-state index contributed by atoms with van der Waals surface area (Å²) >= 11 is 0. The highest BCUT2D eigenvalue weighted by Gasteiger charge is 2.42. The van der Waals surface area contributed by atoms with Gasteiger partial charge in [0.05, 0.1) is 5.54 Å². The van der Waals surface area contributed by atoms with Gasteiger partial charge in [-0.1, -0.05) is 19.0 Å². The van der Waals surface area contributed by atoms with Crippen LogP contribution in [0.4, 0.5) is 0 Å². The average molecular weight is 281 g/mol. The second-order valence-corrected chi connectivity index (χ2v) is 6.30. The lowest BCUT2D eigenvalue weighted by molar-refractivity contribution is -0.0847. The molecule has 1 aromatic heterocycles. The summed E-state index contributed by atoms with van der Waals surface area (Å²) in [6.07, 6.45) is 4.94. The molecule has 1 aliphatic carbocycles. The predicted octanol–water partition coefficient (Wildman–Crippen LogP) is 3.10. The van der Waals surface area contributed by atoms with Crippen molar-refractivity contribution in [3.63, 3.8) is 0 Å². The number of hydrogen-bond acceptors (Lipinski definition) is 5. The van der Waals surface area contributed by atoms with Crippen molar-refractivity contribution >= 4 is 0 Å². The summed E-state index contributed by atoms with van der Waals surface area (Å²) in [6.45, 7) is 8.89. The summed E-state index contributed by atoms with van der Waals surface area (Å²) in [4.78, 5) is 4.56. The van der Waals surface area contributed by atoms with E-state index in [-0.39, 0.29) is 5.60 Å². The zero-order chi connectivity index (χ0) is 14.8. The predicted molar refractivity (Wildman–Crippen MR) is 77.1 cm³/mol. The van der Waals surface area contributed by atoms with Crippen LogP contribution in [0, 0.1) is 5.92 Å². The van der Waals surface area contributed by atoms with Crippen LogP contribution < -0.4 is 5.73 Å². The summed E-state index contributed by atoms with van der Waals surface area (Å²) in [7, 11) is 0. The van der Waals surface area contributed by atoms with Gasteiger partial charge in [-0.25, -0.2) is 0 Å². The lowest BCUT2D eigenvalue weighted by Gasteiger charge is -2.36. The van der Waals surface area contributed by atoms with Crippen LogP contribution in [0.1, 0.15) is 71.5 Å². The standard InChI is InChI=1S/C15H27N3O2/c1-5-14(4,16)13-17-12(18-20-13)15(19-6-2)9-7-11(3)8-10-15/h11H,5-10,16H2,1-4H3. The van der Waals surface area contributed by atoms with Crippen LogP contribution in [0.2, 0.25) is 0 Å². The zero-order valence-electron chi connectivity index (χ0n) is 13.1. The second-order valence-electron chi connectivity index (χ2n) is 6.30. The summed E-state index contributed by atoms with van der Waals surface area (Å²) in [6, 6.07) is 0. The third-order valence-electron chi connectivity index (χ3n) is 4.56. The van der Waals surface area contributed by atoms with Crippen LogP contribution in [0.15, 0.2) is 4.52 Å². The second kappa shape index (κ2) is 5.82. The van der Waals surface area contributed by atoms with E-state index in [1.807, 2.05) is 20.8 Å². The zero-order valence-corrected chi connectivity index (χ0v) is 13.1. The van der Waals surface area contributed by atoms with Gasteiger partial charge in [0.15, 0.2) is 0 Å². The van der Waals surface area contributed by atoms with Crippen molar-refractivity contribution in [1.82, 2.24) is 10.1 Å². The van der Waals surface area contributed by atoms with E-state index in [0.29, 0.717) is 18.3 Å². The van der Waals surface area contributed by atoms with Crippen LogP contribution in [-0.4, -0.2) is 16.7 Å². The van der Waals surface area contributed by atoms with Gasteiger partial charge in [-0.05, 0) is 51.9 Å². The first-order chi connectivity index (χ1) is 9.43. The summed E-state index contributed by atoms with van der Waals surface area (Å²) in [5, 5.41) is 4.18. The summed E-state index contributed by atoms with van der Waals surface area (Å²) < 4.78 is 11.4. The molecule has 1 fully saturated rings. The summed E-state index contributed by atoms with van der Waals surface area (Å²) in [5.74, 6) is 1.92. The molecular formula is C15H27N3O2. The number of aromatic nitrogens is 2. The summed E-state index contributed by atoms with van der Waals surface area (Å²) in [5.41, 5.74) is 5.23. The maximum absolute atomic E-state index is 6.18. The van der Waals surface area contributed by atoms with Gasteiger partial charge in [0.25, 0.3) is 0 Å². The van der Waals surface area contributed by atoms with E-state index >= 15 is 0 Å². The topological polar surface area (TPSA) is 74.2 Å². The Bertz CT molecular complexity index is 434. The minimum atomic E-state index is -0.569. The fraction of sp³-hybridized carbons (Fsp3) is 0.867. The van der Waals surface area contributed by atoms with Crippen molar-refractivity contribution in [2.24, 2.45) is 11.7 Å². The van der Waals surface area contributed by atoms with Gasteiger partial charge in [-0.3, -0.25) is 0 Å². The van der Waals surface area contributed by atoms with Gasteiger partial charge in [0, 0.05) is 6.61 Å². The van der Waals surface area contributed by atoms with Crippen LogP contribution in [-0.2, 0) is 15.9 Å². The van der Waals surface area contributed by atoms with Gasteiger partial charge in [0.1, 0.15) is 5.60 Å². The molecule has 0 radical (unpaired) electrons. The smallest absolute Gasteiger partial charge is 0.246 e. The van der Waals surface area contributed by atoms with Crippen LogP contribution in [0.25, 0.3) is 0 Å². The number of ether oxygens (including phenoxy) is 1. The highest BCUT2D eigenvalue weighted by molar-refractivity contribution is 5.07. The van der Waals surface area contributed by atoms with Crippen molar-refractivity contribution in [1.29, 1.82) is 0 Å². The van der Waals surface area contributed by atoms with Gasteiger partial charge >= 0.3 is 0 Å². The molecule has 0 aromatic carbocycles.